The van der Waals surface area contributed by atoms with E-state index in [0.717, 1.165) is 11.1 Å². The lowest BCUT2D eigenvalue weighted by Crippen LogP contribution is -2.34. The Kier molecular flexibility index (Phi) is 6.62. The minimum Gasteiger partial charge on any atom is -0.445 e. The van der Waals surface area contributed by atoms with E-state index in [1.807, 2.05) is 37.3 Å². The van der Waals surface area contributed by atoms with Crippen LogP contribution in [0.25, 0.3) is 0 Å². The van der Waals surface area contributed by atoms with Crippen molar-refractivity contribution in [2.45, 2.75) is 50.9 Å². The van der Waals surface area contributed by atoms with Crippen molar-refractivity contribution in [1.29, 1.82) is 0 Å². The zero-order chi connectivity index (χ0) is 20.0. The van der Waals surface area contributed by atoms with Crippen LogP contribution in [0.3, 0.4) is 0 Å². The monoisotopic (exact) mass is 389 g/mol. The summed E-state index contributed by atoms with van der Waals surface area (Å²) in [5, 5.41) is 2.79. The molecule has 0 aliphatic heterocycles. The molecule has 0 unspecified atom stereocenters. The average molecular weight is 389 g/mol. The lowest BCUT2D eigenvalue weighted by molar-refractivity contribution is -0.103. The van der Waals surface area contributed by atoms with Gasteiger partial charge in [-0.25, -0.2) is 4.79 Å². The van der Waals surface area contributed by atoms with E-state index >= 15 is 0 Å². The SMILES string of the molecule is Cc1ccc(C(F)(F)CO[C@@H]2CC[C@@H](NC(=O)OCc3ccccc3)C2)cc1. The van der Waals surface area contributed by atoms with E-state index in [1.54, 1.807) is 12.1 Å². The van der Waals surface area contributed by atoms with Crippen molar-refractivity contribution >= 4 is 6.09 Å². The number of aryl methyl sites for hydroxylation is 1. The van der Waals surface area contributed by atoms with Gasteiger partial charge < -0.3 is 14.8 Å². The fourth-order valence-corrected chi connectivity index (χ4v) is 3.26. The summed E-state index contributed by atoms with van der Waals surface area (Å²) in [6, 6.07) is 15.5. The van der Waals surface area contributed by atoms with Gasteiger partial charge in [0.05, 0.1) is 6.10 Å². The largest absolute Gasteiger partial charge is 0.445 e. The molecule has 0 spiro atoms. The molecule has 0 heterocycles. The second-order valence-corrected chi connectivity index (χ2v) is 7.22. The predicted octanol–water partition coefficient (Wildman–Crippen LogP) is 4.95. The summed E-state index contributed by atoms with van der Waals surface area (Å²) in [5.74, 6) is -3.03. The van der Waals surface area contributed by atoms with Crippen LogP contribution >= 0.6 is 0 Å². The van der Waals surface area contributed by atoms with Crippen LogP contribution in [-0.4, -0.2) is 24.8 Å². The van der Waals surface area contributed by atoms with Crippen LogP contribution in [0.5, 0.6) is 0 Å². The van der Waals surface area contributed by atoms with E-state index < -0.39 is 18.6 Å². The minimum absolute atomic E-state index is 0.0461. The lowest BCUT2D eigenvalue weighted by Gasteiger charge is -2.20. The highest BCUT2D eigenvalue weighted by atomic mass is 19.3. The number of carbonyl (C=O) groups excluding carboxylic acids is 1. The Labute approximate surface area is 163 Å². The summed E-state index contributed by atoms with van der Waals surface area (Å²) >= 11 is 0. The number of hydrogen-bond acceptors (Lipinski definition) is 3. The Morgan fingerprint density at radius 2 is 1.82 bits per heavy atom. The molecule has 1 fully saturated rings. The van der Waals surface area contributed by atoms with Gasteiger partial charge in [-0.2, -0.15) is 8.78 Å². The highest BCUT2D eigenvalue weighted by Gasteiger charge is 2.35. The third-order valence-electron chi connectivity index (χ3n) is 4.89. The standard InChI is InChI=1S/C22H25F2NO3/c1-16-7-9-18(10-8-16)22(23,24)15-28-20-12-11-19(13-20)25-21(26)27-14-17-5-3-2-4-6-17/h2-10,19-20H,11-15H2,1H3,(H,25,26)/t19-,20-/m1/s1. The van der Waals surface area contributed by atoms with Gasteiger partial charge in [-0.05, 0) is 31.7 Å². The van der Waals surface area contributed by atoms with Crippen LogP contribution in [0.2, 0.25) is 0 Å². The number of alkyl carbamates (subject to hydrolysis) is 1. The van der Waals surface area contributed by atoms with Crippen LogP contribution in [0.1, 0.15) is 36.0 Å². The molecule has 6 heteroatoms. The average Bonchev–Trinajstić information content (AvgIpc) is 3.13. The van der Waals surface area contributed by atoms with Gasteiger partial charge in [0.2, 0.25) is 0 Å². The van der Waals surface area contributed by atoms with Crippen molar-refractivity contribution in [2.75, 3.05) is 6.61 Å². The molecule has 1 aliphatic carbocycles. The fourth-order valence-electron chi connectivity index (χ4n) is 3.26. The molecule has 2 aromatic rings. The van der Waals surface area contributed by atoms with Crippen molar-refractivity contribution in [3.63, 3.8) is 0 Å². The summed E-state index contributed by atoms with van der Waals surface area (Å²) in [4.78, 5) is 11.9. The maximum absolute atomic E-state index is 14.3. The Hall–Kier alpha value is -2.47. The van der Waals surface area contributed by atoms with Gasteiger partial charge in [-0.3, -0.25) is 0 Å². The first-order valence-corrected chi connectivity index (χ1v) is 9.46. The Balaban J connectivity index is 1.40. The van der Waals surface area contributed by atoms with Gasteiger partial charge in [-0.15, -0.1) is 0 Å². The molecule has 1 aliphatic rings. The number of carbonyl (C=O) groups is 1. The van der Waals surface area contributed by atoms with Crippen LogP contribution in [0.15, 0.2) is 54.6 Å². The first-order chi connectivity index (χ1) is 13.4. The molecule has 2 aromatic carbocycles. The Morgan fingerprint density at radius 3 is 2.54 bits per heavy atom. The van der Waals surface area contributed by atoms with E-state index in [-0.39, 0.29) is 24.3 Å². The normalized spacial score (nSPS) is 19.4. The summed E-state index contributed by atoms with van der Waals surface area (Å²) in [6.07, 6.45) is 1.02. The predicted molar refractivity (Wildman–Crippen MR) is 102 cm³/mol. The quantitative estimate of drug-likeness (QED) is 0.729. The number of rotatable bonds is 7. The number of amides is 1. The Bertz CT molecular complexity index is 765. The molecule has 0 aromatic heterocycles. The summed E-state index contributed by atoms with van der Waals surface area (Å²) in [5.41, 5.74) is 1.79. The molecule has 1 saturated carbocycles. The minimum atomic E-state index is -3.03. The molecule has 0 radical (unpaired) electrons. The molecule has 150 valence electrons. The summed E-state index contributed by atoms with van der Waals surface area (Å²) in [7, 11) is 0. The number of halogens is 2. The second-order valence-electron chi connectivity index (χ2n) is 7.22. The molecule has 3 rings (SSSR count). The number of benzene rings is 2. The van der Waals surface area contributed by atoms with Gasteiger partial charge in [0.1, 0.15) is 13.2 Å². The molecular weight excluding hydrogens is 364 g/mol. The van der Waals surface area contributed by atoms with Crippen LogP contribution in [0.4, 0.5) is 13.6 Å². The first kappa shape index (κ1) is 20.3. The molecule has 28 heavy (non-hydrogen) atoms. The van der Waals surface area contributed by atoms with Gasteiger partial charge >= 0.3 is 6.09 Å². The lowest BCUT2D eigenvalue weighted by atomic mass is 10.1. The molecule has 1 amide bonds. The van der Waals surface area contributed by atoms with Crippen LogP contribution < -0.4 is 5.32 Å². The number of nitrogens with one attached hydrogen (secondary N) is 1. The molecular formula is C22H25F2NO3. The molecule has 0 saturated heterocycles. The second kappa shape index (κ2) is 9.15. The van der Waals surface area contributed by atoms with Crippen LogP contribution in [-0.2, 0) is 22.0 Å². The zero-order valence-corrected chi connectivity index (χ0v) is 15.9. The van der Waals surface area contributed by atoms with Gasteiger partial charge in [0.25, 0.3) is 5.92 Å². The van der Waals surface area contributed by atoms with Crippen molar-refractivity contribution in [3.8, 4) is 0 Å². The molecule has 1 N–H and O–H groups in total. The fraction of sp³-hybridized carbons (Fsp3) is 0.409. The van der Waals surface area contributed by atoms with Crippen molar-refractivity contribution in [1.82, 2.24) is 5.32 Å². The maximum atomic E-state index is 14.3. The maximum Gasteiger partial charge on any atom is 0.407 e. The van der Waals surface area contributed by atoms with Gasteiger partial charge in [0.15, 0.2) is 0 Å². The van der Waals surface area contributed by atoms with Crippen molar-refractivity contribution < 1.29 is 23.0 Å². The Morgan fingerprint density at radius 1 is 1.11 bits per heavy atom. The van der Waals surface area contributed by atoms with Gasteiger partial charge in [-0.1, -0.05) is 60.2 Å². The third kappa shape index (κ3) is 5.76. The highest BCUT2D eigenvalue weighted by Crippen LogP contribution is 2.31. The first-order valence-electron chi connectivity index (χ1n) is 9.46. The van der Waals surface area contributed by atoms with Gasteiger partial charge in [0, 0.05) is 11.6 Å². The van der Waals surface area contributed by atoms with E-state index in [0.29, 0.717) is 19.3 Å². The van der Waals surface area contributed by atoms with E-state index in [1.165, 1.54) is 12.1 Å². The summed E-state index contributed by atoms with van der Waals surface area (Å²) in [6.45, 7) is 1.39. The van der Waals surface area contributed by atoms with E-state index in [4.69, 9.17) is 9.47 Å². The van der Waals surface area contributed by atoms with Crippen LogP contribution in [0, 0.1) is 6.92 Å². The third-order valence-corrected chi connectivity index (χ3v) is 4.89. The number of hydrogen-bond donors (Lipinski definition) is 1. The number of alkyl halides is 2. The number of ether oxygens (including phenoxy) is 2. The molecule has 2 atom stereocenters. The summed E-state index contributed by atoms with van der Waals surface area (Å²) < 4.78 is 39.2. The van der Waals surface area contributed by atoms with Crippen molar-refractivity contribution in [2.24, 2.45) is 0 Å². The van der Waals surface area contributed by atoms with E-state index in [9.17, 15) is 13.6 Å². The van der Waals surface area contributed by atoms with Crippen molar-refractivity contribution in [3.05, 3.63) is 71.3 Å². The topological polar surface area (TPSA) is 47.6 Å². The molecule has 0 bridgehead atoms. The smallest absolute Gasteiger partial charge is 0.407 e. The zero-order valence-electron chi connectivity index (χ0n) is 15.9. The highest BCUT2D eigenvalue weighted by molar-refractivity contribution is 5.67. The molecule has 4 nitrogen and oxygen atoms in total. The van der Waals surface area contributed by atoms with E-state index in [2.05, 4.69) is 5.32 Å².